The summed E-state index contributed by atoms with van der Waals surface area (Å²) < 4.78 is 0. The number of fused-ring (bicyclic) bond motifs is 1. The van der Waals surface area contributed by atoms with E-state index in [1.807, 2.05) is 0 Å². The van der Waals surface area contributed by atoms with Crippen LogP contribution in [0.1, 0.15) is 10.4 Å². The molecule has 0 amide bonds. The van der Waals surface area contributed by atoms with E-state index in [2.05, 4.69) is 4.98 Å². The van der Waals surface area contributed by atoms with Crippen molar-refractivity contribution in [1.82, 2.24) is 4.98 Å². The first-order valence-electron chi connectivity index (χ1n) is 4.03. The lowest BCUT2D eigenvalue weighted by Crippen LogP contribution is -2.04. The van der Waals surface area contributed by atoms with Crippen LogP contribution in [0.5, 0.6) is 0 Å². The van der Waals surface area contributed by atoms with Gasteiger partial charge in [-0.1, -0.05) is 12.1 Å². The Hall–Kier alpha value is -2.10. The number of aromatic nitrogens is 1. The molecule has 0 atom stereocenters. The van der Waals surface area contributed by atoms with Crippen LogP contribution in [0.15, 0.2) is 35.3 Å². The second kappa shape index (κ2) is 2.99. The normalized spacial score (nSPS) is 10.3. The number of pyridine rings is 1. The standard InChI is InChI=1S/C10H7NO3/c12-9-4-6-2-1-3-7(10(13)14)8(6)5-11-9/h1-5H,(H,11,12)(H,13,14). The Bertz CT molecular complexity index is 557. The van der Waals surface area contributed by atoms with E-state index in [0.29, 0.717) is 10.8 Å². The van der Waals surface area contributed by atoms with Crippen LogP contribution in [-0.4, -0.2) is 16.1 Å². The molecule has 0 spiro atoms. The molecule has 14 heavy (non-hydrogen) atoms. The number of carboxylic acids is 1. The first-order chi connectivity index (χ1) is 6.68. The molecule has 0 bridgehead atoms. The summed E-state index contributed by atoms with van der Waals surface area (Å²) in [7, 11) is 0. The molecule has 1 aromatic carbocycles. The van der Waals surface area contributed by atoms with E-state index in [0.717, 1.165) is 0 Å². The third-order valence-electron chi connectivity index (χ3n) is 2.02. The second-order valence-electron chi connectivity index (χ2n) is 2.91. The number of aromatic carboxylic acids is 1. The van der Waals surface area contributed by atoms with Crippen LogP contribution in [0.4, 0.5) is 0 Å². The molecular weight excluding hydrogens is 182 g/mol. The van der Waals surface area contributed by atoms with Gasteiger partial charge < -0.3 is 10.1 Å². The van der Waals surface area contributed by atoms with Crippen LogP contribution in [0.25, 0.3) is 10.8 Å². The average molecular weight is 189 g/mol. The van der Waals surface area contributed by atoms with Crippen molar-refractivity contribution >= 4 is 16.7 Å². The Morgan fingerprint density at radius 3 is 2.86 bits per heavy atom. The number of carbonyl (C=O) groups is 1. The topological polar surface area (TPSA) is 70.2 Å². The highest BCUT2D eigenvalue weighted by atomic mass is 16.4. The third kappa shape index (κ3) is 1.26. The van der Waals surface area contributed by atoms with Gasteiger partial charge in [0.05, 0.1) is 5.56 Å². The molecule has 2 rings (SSSR count). The fourth-order valence-electron chi connectivity index (χ4n) is 1.38. The Morgan fingerprint density at radius 2 is 2.14 bits per heavy atom. The van der Waals surface area contributed by atoms with Crippen molar-refractivity contribution in [2.24, 2.45) is 0 Å². The SMILES string of the molecule is O=C(O)c1cccc2cc(=O)[nH]cc12. The Balaban J connectivity index is 2.88. The monoisotopic (exact) mass is 189 g/mol. The smallest absolute Gasteiger partial charge is 0.336 e. The molecule has 0 saturated heterocycles. The van der Waals surface area contributed by atoms with Gasteiger partial charge in [-0.2, -0.15) is 0 Å². The van der Waals surface area contributed by atoms with Gasteiger partial charge in [0.1, 0.15) is 0 Å². The van der Waals surface area contributed by atoms with Crippen LogP contribution in [0.2, 0.25) is 0 Å². The summed E-state index contributed by atoms with van der Waals surface area (Å²) >= 11 is 0. The highest BCUT2D eigenvalue weighted by Crippen LogP contribution is 2.15. The number of hydrogen-bond donors (Lipinski definition) is 2. The Morgan fingerprint density at radius 1 is 1.36 bits per heavy atom. The second-order valence-corrected chi connectivity index (χ2v) is 2.91. The fourth-order valence-corrected chi connectivity index (χ4v) is 1.38. The molecule has 70 valence electrons. The molecular formula is C10H7NO3. The summed E-state index contributed by atoms with van der Waals surface area (Å²) in [6.07, 6.45) is 1.42. The van der Waals surface area contributed by atoms with Crippen molar-refractivity contribution in [3.8, 4) is 0 Å². The van der Waals surface area contributed by atoms with Crippen molar-refractivity contribution in [2.45, 2.75) is 0 Å². The number of carboxylic acid groups (broad SMARTS) is 1. The first-order valence-corrected chi connectivity index (χ1v) is 4.03. The molecule has 0 fully saturated rings. The molecule has 1 aromatic heterocycles. The van der Waals surface area contributed by atoms with Crippen LogP contribution >= 0.6 is 0 Å². The number of benzene rings is 1. The maximum absolute atomic E-state index is 11.0. The zero-order chi connectivity index (χ0) is 10.1. The first kappa shape index (κ1) is 8.50. The summed E-state index contributed by atoms with van der Waals surface area (Å²) in [4.78, 5) is 24.2. The summed E-state index contributed by atoms with van der Waals surface area (Å²) in [5.41, 5.74) is -0.0428. The summed E-state index contributed by atoms with van der Waals surface area (Å²) in [6.45, 7) is 0. The maximum Gasteiger partial charge on any atom is 0.336 e. The predicted octanol–water partition coefficient (Wildman–Crippen LogP) is 1.23. The summed E-state index contributed by atoms with van der Waals surface area (Å²) in [5.74, 6) is -0.998. The molecule has 0 unspecified atom stereocenters. The van der Waals surface area contributed by atoms with E-state index in [4.69, 9.17) is 5.11 Å². The van der Waals surface area contributed by atoms with Gasteiger partial charge in [-0.05, 0) is 11.5 Å². The fraction of sp³-hybridized carbons (Fsp3) is 0. The van der Waals surface area contributed by atoms with Crippen LogP contribution < -0.4 is 5.56 Å². The van der Waals surface area contributed by atoms with Crippen LogP contribution in [-0.2, 0) is 0 Å². The lowest BCUT2D eigenvalue weighted by Gasteiger charge is -2.00. The van der Waals surface area contributed by atoms with E-state index in [-0.39, 0.29) is 11.1 Å². The number of H-pyrrole nitrogens is 1. The lowest BCUT2D eigenvalue weighted by atomic mass is 10.1. The van der Waals surface area contributed by atoms with Gasteiger partial charge in [-0.25, -0.2) is 4.79 Å². The number of rotatable bonds is 1. The molecule has 0 aliphatic heterocycles. The molecule has 0 aliphatic carbocycles. The maximum atomic E-state index is 11.0. The van der Waals surface area contributed by atoms with E-state index in [9.17, 15) is 9.59 Å². The Labute approximate surface area is 78.8 Å². The summed E-state index contributed by atoms with van der Waals surface area (Å²) in [6, 6.07) is 6.20. The van der Waals surface area contributed by atoms with E-state index >= 15 is 0 Å². The molecule has 0 aliphatic rings. The quantitative estimate of drug-likeness (QED) is 0.708. The van der Waals surface area contributed by atoms with Crippen LogP contribution in [0, 0.1) is 0 Å². The average Bonchev–Trinajstić information content (AvgIpc) is 2.16. The van der Waals surface area contributed by atoms with E-state index < -0.39 is 5.97 Å². The van der Waals surface area contributed by atoms with Gasteiger partial charge in [-0.3, -0.25) is 4.79 Å². The number of hydrogen-bond acceptors (Lipinski definition) is 2. The molecule has 4 nitrogen and oxygen atoms in total. The van der Waals surface area contributed by atoms with Gasteiger partial charge >= 0.3 is 5.97 Å². The highest BCUT2D eigenvalue weighted by Gasteiger charge is 2.07. The van der Waals surface area contributed by atoms with Gasteiger partial charge in [0.25, 0.3) is 0 Å². The zero-order valence-electron chi connectivity index (χ0n) is 7.15. The predicted molar refractivity (Wildman–Crippen MR) is 51.5 cm³/mol. The molecule has 2 N–H and O–H groups in total. The minimum atomic E-state index is -0.998. The van der Waals surface area contributed by atoms with Gasteiger partial charge in [-0.15, -0.1) is 0 Å². The number of nitrogens with one attached hydrogen (secondary N) is 1. The van der Waals surface area contributed by atoms with Crippen LogP contribution in [0.3, 0.4) is 0 Å². The van der Waals surface area contributed by atoms with E-state index in [1.165, 1.54) is 18.3 Å². The molecule has 2 aromatic rings. The van der Waals surface area contributed by atoms with Crippen molar-refractivity contribution in [3.63, 3.8) is 0 Å². The third-order valence-corrected chi connectivity index (χ3v) is 2.02. The van der Waals surface area contributed by atoms with Gasteiger partial charge in [0.15, 0.2) is 0 Å². The molecule has 0 radical (unpaired) electrons. The van der Waals surface area contributed by atoms with Crippen molar-refractivity contribution in [1.29, 1.82) is 0 Å². The number of aromatic amines is 1. The highest BCUT2D eigenvalue weighted by molar-refractivity contribution is 6.03. The molecule has 4 heteroatoms. The largest absolute Gasteiger partial charge is 0.478 e. The lowest BCUT2D eigenvalue weighted by molar-refractivity contribution is 0.0699. The van der Waals surface area contributed by atoms with Crippen molar-refractivity contribution in [2.75, 3.05) is 0 Å². The zero-order valence-corrected chi connectivity index (χ0v) is 7.15. The van der Waals surface area contributed by atoms with E-state index in [1.54, 1.807) is 12.1 Å². The summed E-state index contributed by atoms with van der Waals surface area (Å²) in [5, 5.41) is 10.0. The van der Waals surface area contributed by atoms with Gasteiger partial charge in [0.2, 0.25) is 5.56 Å². The molecule has 1 heterocycles. The van der Waals surface area contributed by atoms with Crippen molar-refractivity contribution in [3.05, 3.63) is 46.4 Å². The minimum Gasteiger partial charge on any atom is -0.478 e. The van der Waals surface area contributed by atoms with Crippen molar-refractivity contribution < 1.29 is 9.90 Å². The van der Waals surface area contributed by atoms with Gasteiger partial charge in [0, 0.05) is 17.6 Å². The molecule has 0 saturated carbocycles. The Kier molecular flexibility index (Phi) is 1.81. The minimum absolute atomic E-state index is 0.193.